The minimum Gasteiger partial charge on any atom is -0.382 e. The number of pyridine rings is 1. The zero-order valence-corrected chi connectivity index (χ0v) is 21.5. The first kappa shape index (κ1) is 25.8. The van der Waals surface area contributed by atoms with E-state index in [1.54, 1.807) is 12.3 Å². The molecule has 0 unspecified atom stereocenters. The first-order valence-corrected chi connectivity index (χ1v) is 12.5. The fourth-order valence-electron chi connectivity index (χ4n) is 4.47. The van der Waals surface area contributed by atoms with E-state index in [9.17, 15) is 18.7 Å². The highest BCUT2D eigenvalue weighted by Gasteiger charge is 2.28. The molecule has 0 aliphatic carbocycles. The van der Waals surface area contributed by atoms with E-state index in [1.807, 2.05) is 17.8 Å². The monoisotopic (exact) mass is 521 g/mol. The predicted molar refractivity (Wildman–Crippen MR) is 139 cm³/mol. The molecule has 4 aromatic rings. The number of nitrogens with zero attached hydrogens (tertiary/aromatic N) is 7. The fourth-order valence-corrected chi connectivity index (χ4v) is 4.47. The molecule has 1 aliphatic rings. The lowest BCUT2D eigenvalue weighted by molar-refractivity contribution is 0.0482. The number of halogens is 2. The number of Topliss-reactive ketones (excluding diaryl/α,β-unsaturated/α-hetero) is 1. The smallest absolute Gasteiger partial charge is 0.212 e. The Kier molecular flexibility index (Phi) is 6.89. The Balaban J connectivity index is 1.46. The van der Waals surface area contributed by atoms with Gasteiger partial charge in [0.1, 0.15) is 34.1 Å². The van der Waals surface area contributed by atoms with Crippen molar-refractivity contribution in [2.75, 3.05) is 31.1 Å². The van der Waals surface area contributed by atoms with Gasteiger partial charge in [0.2, 0.25) is 5.78 Å². The molecular formula is C27H29F2N7O2. The summed E-state index contributed by atoms with van der Waals surface area (Å²) in [5.41, 5.74) is 1.47. The second-order valence-corrected chi connectivity index (χ2v) is 9.93. The van der Waals surface area contributed by atoms with Gasteiger partial charge >= 0.3 is 0 Å². The number of rotatable bonds is 7. The average Bonchev–Trinajstić information content (AvgIpc) is 3.38. The van der Waals surface area contributed by atoms with E-state index in [0.717, 1.165) is 11.6 Å². The Morgan fingerprint density at radius 2 is 1.82 bits per heavy atom. The van der Waals surface area contributed by atoms with E-state index < -0.39 is 23.0 Å². The molecule has 1 aliphatic heterocycles. The molecule has 1 fully saturated rings. The van der Waals surface area contributed by atoms with E-state index in [0.29, 0.717) is 67.4 Å². The lowest BCUT2D eigenvalue weighted by atomic mass is 10.0. The van der Waals surface area contributed by atoms with Gasteiger partial charge in [-0.15, -0.1) is 0 Å². The van der Waals surface area contributed by atoms with Crippen molar-refractivity contribution in [3.63, 3.8) is 0 Å². The molecule has 3 aromatic heterocycles. The third-order valence-corrected chi connectivity index (χ3v) is 6.63. The first-order valence-electron chi connectivity index (χ1n) is 12.5. The van der Waals surface area contributed by atoms with Crippen molar-refractivity contribution in [3.8, 4) is 11.3 Å². The lowest BCUT2D eigenvalue weighted by Crippen LogP contribution is -2.46. The van der Waals surface area contributed by atoms with Crippen LogP contribution in [0.2, 0.25) is 0 Å². The highest BCUT2D eigenvalue weighted by molar-refractivity contribution is 6.02. The van der Waals surface area contributed by atoms with Gasteiger partial charge in [-0.25, -0.2) is 18.7 Å². The van der Waals surface area contributed by atoms with Gasteiger partial charge in [0.05, 0.1) is 17.9 Å². The number of hydrogen-bond donors (Lipinski definition) is 1. The van der Waals surface area contributed by atoms with Crippen LogP contribution < -0.4 is 4.90 Å². The Bertz CT molecular complexity index is 1490. The molecule has 198 valence electrons. The number of fused-ring (bicyclic) bond motifs is 1. The van der Waals surface area contributed by atoms with Gasteiger partial charge in [-0.3, -0.25) is 19.4 Å². The van der Waals surface area contributed by atoms with Crippen molar-refractivity contribution < 1.29 is 18.7 Å². The largest absolute Gasteiger partial charge is 0.382 e. The molecule has 1 saturated heterocycles. The second kappa shape index (κ2) is 10.1. The number of anilines is 1. The minimum absolute atomic E-state index is 0.114. The highest BCUT2D eigenvalue weighted by Crippen LogP contribution is 2.31. The van der Waals surface area contributed by atoms with Crippen LogP contribution in [0.1, 0.15) is 36.8 Å². The van der Waals surface area contributed by atoms with Crippen LogP contribution in [0.3, 0.4) is 0 Å². The van der Waals surface area contributed by atoms with Gasteiger partial charge in [-0.1, -0.05) is 6.07 Å². The zero-order chi connectivity index (χ0) is 27.0. The van der Waals surface area contributed by atoms with Crippen LogP contribution in [0, 0.1) is 11.6 Å². The SMILES string of the molecule is CCn1cc(-c2nc3cnc(C(=O)C(C)(C)O)cc3nc2N2CCN(Cc3ccc(F)cc3F)CC2)cn1. The van der Waals surface area contributed by atoms with Crippen LogP contribution >= 0.6 is 0 Å². The second-order valence-electron chi connectivity index (χ2n) is 9.93. The first-order chi connectivity index (χ1) is 18.1. The van der Waals surface area contributed by atoms with Crippen molar-refractivity contribution in [1.29, 1.82) is 0 Å². The quantitative estimate of drug-likeness (QED) is 0.369. The van der Waals surface area contributed by atoms with E-state index in [-0.39, 0.29) is 5.69 Å². The van der Waals surface area contributed by atoms with Gasteiger partial charge in [-0.2, -0.15) is 5.10 Å². The number of aromatic nitrogens is 5. The molecule has 1 N–H and O–H groups in total. The number of aryl methyl sites for hydroxylation is 1. The minimum atomic E-state index is -1.56. The zero-order valence-electron chi connectivity index (χ0n) is 21.5. The van der Waals surface area contributed by atoms with Gasteiger partial charge in [0.15, 0.2) is 5.82 Å². The maximum absolute atomic E-state index is 14.2. The molecule has 0 saturated carbocycles. The highest BCUT2D eigenvalue weighted by atomic mass is 19.1. The Labute approximate surface area is 218 Å². The fraction of sp³-hybridized carbons (Fsp3) is 0.370. The summed E-state index contributed by atoms with van der Waals surface area (Å²) in [4.78, 5) is 30.8. The van der Waals surface area contributed by atoms with Gasteiger partial charge in [0.25, 0.3) is 0 Å². The third-order valence-electron chi connectivity index (χ3n) is 6.63. The molecule has 0 atom stereocenters. The van der Waals surface area contributed by atoms with Crippen molar-refractivity contribution in [2.45, 2.75) is 39.5 Å². The Morgan fingerprint density at radius 1 is 1.05 bits per heavy atom. The molecule has 4 heterocycles. The van der Waals surface area contributed by atoms with E-state index in [1.165, 1.54) is 32.2 Å². The summed E-state index contributed by atoms with van der Waals surface area (Å²) in [5, 5.41) is 14.5. The summed E-state index contributed by atoms with van der Waals surface area (Å²) in [6, 6.07) is 5.22. The molecule has 5 rings (SSSR count). The van der Waals surface area contributed by atoms with Crippen molar-refractivity contribution >= 4 is 22.6 Å². The Hall–Kier alpha value is -3.83. The van der Waals surface area contributed by atoms with Crippen LogP contribution in [0.5, 0.6) is 0 Å². The summed E-state index contributed by atoms with van der Waals surface area (Å²) in [6.45, 7) is 8.43. The number of ketones is 1. The molecule has 38 heavy (non-hydrogen) atoms. The van der Waals surface area contributed by atoms with Gasteiger partial charge in [0, 0.05) is 62.7 Å². The summed E-state index contributed by atoms with van der Waals surface area (Å²) < 4.78 is 29.3. The summed E-state index contributed by atoms with van der Waals surface area (Å²) >= 11 is 0. The van der Waals surface area contributed by atoms with Crippen molar-refractivity contribution in [2.24, 2.45) is 0 Å². The van der Waals surface area contributed by atoms with Crippen LogP contribution in [-0.4, -0.2) is 72.3 Å². The topological polar surface area (TPSA) is 100 Å². The molecular weight excluding hydrogens is 492 g/mol. The number of piperazine rings is 1. The summed E-state index contributed by atoms with van der Waals surface area (Å²) in [5.74, 6) is -0.994. The average molecular weight is 522 g/mol. The number of aliphatic hydroxyl groups is 1. The number of carbonyl (C=O) groups excluding carboxylic acids is 1. The standard InChI is InChI=1S/C27H29F2N7O2/c1-4-36-16-18(13-31-36)24-26(33-21-12-22(25(37)27(2,3)38)30-14-23(21)32-24)35-9-7-34(8-10-35)15-17-5-6-19(28)11-20(17)29/h5-6,11-14,16,38H,4,7-10,15H2,1-3H3. The van der Waals surface area contributed by atoms with E-state index >= 15 is 0 Å². The molecule has 1 aromatic carbocycles. The summed E-state index contributed by atoms with van der Waals surface area (Å²) in [7, 11) is 0. The van der Waals surface area contributed by atoms with Crippen LogP contribution in [0.15, 0.2) is 42.9 Å². The van der Waals surface area contributed by atoms with Crippen molar-refractivity contribution in [1.82, 2.24) is 29.6 Å². The molecule has 0 spiro atoms. The molecule has 0 amide bonds. The molecule has 0 bridgehead atoms. The number of benzene rings is 1. The molecule has 0 radical (unpaired) electrons. The number of carbonyl (C=O) groups is 1. The normalized spacial score (nSPS) is 14.8. The van der Waals surface area contributed by atoms with Crippen molar-refractivity contribution in [3.05, 3.63) is 65.7 Å². The lowest BCUT2D eigenvalue weighted by Gasteiger charge is -2.36. The third kappa shape index (κ3) is 5.25. The van der Waals surface area contributed by atoms with E-state index in [4.69, 9.17) is 9.97 Å². The Morgan fingerprint density at radius 3 is 2.47 bits per heavy atom. The molecule has 9 nitrogen and oxygen atoms in total. The molecule has 11 heteroatoms. The van der Waals surface area contributed by atoms with E-state index in [2.05, 4.69) is 19.9 Å². The van der Waals surface area contributed by atoms with Crippen LogP contribution in [0.25, 0.3) is 22.3 Å². The maximum atomic E-state index is 14.2. The van der Waals surface area contributed by atoms with Crippen LogP contribution in [-0.2, 0) is 13.1 Å². The van der Waals surface area contributed by atoms with Crippen LogP contribution in [0.4, 0.5) is 14.6 Å². The maximum Gasteiger partial charge on any atom is 0.212 e. The predicted octanol–water partition coefficient (Wildman–Crippen LogP) is 3.46. The van der Waals surface area contributed by atoms with Gasteiger partial charge in [-0.05, 0) is 32.9 Å². The number of hydrogen-bond acceptors (Lipinski definition) is 8. The summed E-state index contributed by atoms with van der Waals surface area (Å²) in [6.07, 6.45) is 5.15. The van der Waals surface area contributed by atoms with Gasteiger partial charge < -0.3 is 10.0 Å².